The van der Waals surface area contributed by atoms with Crippen LogP contribution in [0.2, 0.25) is 0 Å². The van der Waals surface area contributed by atoms with Gasteiger partial charge in [0.25, 0.3) is 0 Å². The van der Waals surface area contributed by atoms with E-state index < -0.39 is 7.60 Å². The minimum Gasteiger partial charge on any atom is -0.320 e. The van der Waals surface area contributed by atoms with Gasteiger partial charge in [0.05, 0.1) is 27.7 Å². The molecule has 0 radical (unpaired) electrons. The first kappa shape index (κ1) is 31.9. The minimum absolute atomic E-state index is 0.333. The van der Waals surface area contributed by atoms with Crippen LogP contribution >= 0.6 is 7.60 Å². The van der Waals surface area contributed by atoms with Gasteiger partial charge in [-0.05, 0) is 32.6 Å². The van der Waals surface area contributed by atoms with E-state index in [1.54, 1.807) is 0 Å². The van der Waals surface area contributed by atoms with E-state index in [1.807, 2.05) is 21.1 Å². The summed E-state index contributed by atoms with van der Waals surface area (Å²) in [6.07, 6.45) is 27.0. The molecule has 0 fully saturated rings. The normalized spacial score (nSPS) is 15.3. The van der Waals surface area contributed by atoms with Crippen LogP contribution in [0, 0.1) is 0 Å². The van der Waals surface area contributed by atoms with Crippen molar-refractivity contribution in [3.63, 3.8) is 0 Å². The number of hydrogen-bond donors (Lipinski definition) is 1. The van der Waals surface area contributed by atoms with E-state index in [2.05, 4.69) is 26.0 Å². The van der Waals surface area contributed by atoms with Gasteiger partial charge in [-0.1, -0.05) is 103 Å². The molecule has 32 heavy (non-hydrogen) atoms. The molecule has 0 amide bonds. The van der Waals surface area contributed by atoms with Gasteiger partial charge in [-0.2, -0.15) is 0 Å². The molecule has 2 atom stereocenters. The van der Waals surface area contributed by atoms with Gasteiger partial charge < -0.3 is 13.9 Å². The molecule has 2 unspecified atom stereocenters. The SMILES string of the molecule is C/C=C\CCCCCCCCCCCCCCCCCOP(=O)(O)C(CCC)[N+](C)(C)C. The van der Waals surface area contributed by atoms with E-state index in [0.717, 1.165) is 19.3 Å². The van der Waals surface area contributed by atoms with Crippen LogP contribution in [0.5, 0.6) is 0 Å². The Morgan fingerprint density at radius 2 is 1.19 bits per heavy atom. The smallest absolute Gasteiger partial charge is 0.320 e. The average Bonchev–Trinajstić information content (AvgIpc) is 2.72. The Morgan fingerprint density at radius 3 is 1.56 bits per heavy atom. The summed E-state index contributed by atoms with van der Waals surface area (Å²) in [6.45, 7) is 4.56. The molecular formula is C27H57NO3P+. The van der Waals surface area contributed by atoms with E-state index in [0.29, 0.717) is 17.5 Å². The number of quaternary nitrogens is 1. The molecule has 192 valence electrons. The summed E-state index contributed by atoms with van der Waals surface area (Å²) in [5, 5.41) is 0. The Morgan fingerprint density at radius 1 is 0.781 bits per heavy atom. The van der Waals surface area contributed by atoms with E-state index in [4.69, 9.17) is 4.52 Å². The maximum atomic E-state index is 12.6. The highest BCUT2D eigenvalue weighted by Gasteiger charge is 2.41. The second kappa shape index (κ2) is 20.2. The van der Waals surface area contributed by atoms with Gasteiger partial charge in [-0.15, -0.1) is 0 Å². The molecule has 0 aliphatic carbocycles. The van der Waals surface area contributed by atoms with Crippen molar-refractivity contribution in [2.24, 2.45) is 0 Å². The van der Waals surface area contributed by atoms with E-state index in [-0.39, 0.29) is 5.78 Å². The molecule has 0 aromatic carbocycles. The molecule has 0 aliphatic heterocycles. The molecule has 0 rings (SSSR count). The molecule has 0 bridgehead atoms. The summed E-state index contributed by atoms with van der Waals surface area (Å²) in [5.74, 6) is -0.333. The second-order valence-corrected chi connectivity index (χ2v) is 12.4. The largest absolute Gasteiger partial charge is 0.385 e. The van der Waals surface area contributed by atoms with Gasteiger partial charge in [-0.25, -0.2) is 0 Å². The monoisotopic (exact) mass is 474 g/mol. The highest BCUT2D eigenvalue weighted by molar-refractivity contribution is 7.53. The predicted octanol–water partition coefficient (Wildman–Crippen LogP) is 8.84. The molecule has 0 saturated carbocycles. The molecule has 1 N–H and O–H groups in total. The zero-order valence-electron chi connectivity index (χ0n) is 22.3. The average molecular weight is 475 g/mol. The lowest BCUT2D eigenvalue weighted by atomic mass is 10.0. The van der Waals surface area contributed by atoms with Gasteiger partial charge in [0.15, 0.2) is 5.78 Å². The fourth-order valence-corrected chi connectivity index (χ4v) is 6.38. The summed E-state index contributed by atoms with van der Waals surface area (Å²) >= 11 is 0. The lowest BCUT2D eigenvalue weighted by molar-refractivity contribution is -0.883. The van der Waals surface area contributed by atoms with Crippen LogP contribution in [0.1, 0.15) is 129 Å². The van der Waals surface area contributed by atoms with Crippen LogP contribution in [-0.2, 0) is 9.09 Å². The molecule has 0 heterocycles. The highest BCUT2D eigenvalue weighted by Crippen LogP contribution is 2.51. The van der Waals surface area contributed by atoms with E-state index in [1.165, 1.54) is 89.9 Å². The molecule has 5 heteroatoms. The van der Waals surface area contributed by atoms with E-state index in [9.17, 15) is 9.46 Å². The summed E-state index contributed by atoms with van der Waals surface area (Å²) in [5.41, 5.74) is 0. The Balaban J connectivity index is 3.48. The first-order chi connectivity index (χ1) is 15.3. The number of unbranched alkanes of at least 4 members (excludes halogenated alkanes) is 15. The maximum absolute atomic E-state index is 12.6. The number of hydrogen-bond acceptors (Lipinski definition) is 2. The van der Waals surface area contributed by atoms with Crippen LogP contribution in [0.4, 0.5) is 0 Å². The van der Waals surface area contributed by atoms with Crippen molar-refractivity contribution in [3.05, 3.63) is 12.2 Å². The van der Waals surface area contributed by atoms with Crippen LogP contribution < -0.4 is 0 Å². The highest BCUT2D eigenvalue weighted by atomic mass is 31.2. The molecule has 0 saturated heterocycles. The number of rotatable bonds is 23. The van der Waals surface area contributed by atoms with E-state index >= 15 is 0 Å². The van der Waals surface area contributed by atoms with Crippen molar-refractivity contribution < 1.29 is 18.5 Å². The Kier molecular flexibility index (Phi) is 20.1. The lowest BCUT2D eigenvalue weighted by Gasteiger charge is -2.35. The van der Waals surface area contributed by atoms with Crippen molar-refractivity contribution in [1.82, 2.24) is 0 Å². The van der Waals surface area contributed by atoms with Gasteiger partial charge in [0, 0.05) is 6.42 Å². The fraction of sp³-hybridized carbons (Fsp3) is 0.926. The van der Waals surface area contributed by atoms with Crippen LogP contribution in [0.25, 0.3) is 0 Å². The van der Waals surface area contributed by atoms with Gasteiger partial charge in [-0.3, -0.25) is 4.57 Å². The van der Waals surface area contributed by atoms with Crippen molar-refractivity contribution in [2.75, 3.05) is 27.7 Å². The zero-order chi connectivity index (χ0) is 24.1. The van der Waals surface area contributed by atoms with Gasteiger partial charge in [0.2, 0.25) is 0 Å². The third-order valence-corrected chi connectivity index (χ3v) is 8.60. The maximum Gasteiger partial charge on any atom is 0.385 e. The Bertz CT molecular complexity index is 488. The fourth-order valence-electron chi connectivity index (χ4n) is 4.36. The van der Waals surface area contributed by atoms with Crippen molar-refractivity contribution in [2.45, 2.75) is 135 Å². The minimum atomic E-state index is -3.56. The first-order valence-corrected chi connectivity index (χ1v) is 15.3. The molecular weight excluding hydrogens is 417 g/mol. The standard InChI is InChI=1S/C27H56NO3P/c1-6-8-9-10-11-12-13-14-15-16-17-18-19-20-21-22-23-24-26-31-32(29,30)27(25-7-2)28(3,4)5/h6,8,27H,7,9-26H2,1-5H3/p+1/b8-6-. The van der Waals surface area contributed by atoms with Gasteiger partial charge in [0.1, 0.15) is 0 Å². The predicted molar refractivity (Wildman–Crippen MR) is 141 cm³/mol. The molecule has 0 aliphatic rings. The van der Waals surface area contributed by atoms with Crippen LogP contribution in [-0.4, -0.2) is 42.9 Å². The quantitative estimate of drug-likeness (QED) is 0.0696. The van der Waals surface area contributed by atoms with Crippen LogP contribution in [0.15, 0.2) is 12.2 Å². The van der Waals surface area contributed by atoms with Crippen molar-refractivity contribution >= 4 is 7.60 Å². The summed E-state index contributed by atoms with van der Waals surface area (Å²) in [4.78, 5) is 10.4. The topological polar surface area (TPSA) is 46.5 Å². The summed E-state index contributed by atoms with van der Waals surface area (Å²) < 4.78 is 18.6. The third-order valence-electron chi connectivity index (χ3n) is 6.34. The molecule has 0 spiro atoms. The summed E-state index contributed by atoms with van der Waals surface area (Å²) in [6, 6.07) is 0. The lowest BCUT2D eigenvalue weighted by Crippen LogP contribution is -2.45. The number of nitrogens with zero attached hydrogens (tertiary/aromatic N) is 1. The molecule has 0 aromatic rings. The summed E-state index contributed by atoms with van der Waals surface area (Å²) in [7, 11) is 2.36. The first-order valence-electron chi connectivity index (χ1n) is 13.6. The third kappa shape index (κ3) is 18.3. The van der Waals surface area contributed by atoms with Crippen molar-refractivity contribution in [3.8, 4) is 0 Å². The molecule has 0 aromatic heterocycles. The zero-order valence-corrected chi connectivity index (χ0v) is 23.2. The number of allylic oxidation sites excluding steroid dienone is 2. The Hall–Kier alpha value is -0.150. The molecule has 4 nitrogen and oxygen atoms in total. The van der Waals surface area contributed by atoms with Gasteiger partial charge >= 0.3 is 7.60 Å². The van der Waals surface area contributed by atoms with Crippen molar-refractivity contribution in [1.29, 1.82) is 0 Å². The second-order valence-electron chi connectivity index (χ2n) is 10.4. The van der Waals surface area contributed by atoms with Crippen LogP contribution in [0.3, 0.4) is 0 Å². The Labute approximate surface area is 201 Å².